The van der Waals surface area contributed by atoms with Crippen LogP contribution in [0.4, 0.5) is 5.82 Å². The summed E-state index contributed by atoms with van der Waals surface area (Å²) >= 11 is 5.96. The molecule has 20 heavy (non-hydrogen) atoms. The first kappa shape index (κ1) is 15.0. The van der Waals surface area contributed by atoms with E-state index in [2.05, 4.69) is 15.2 Å². The summed E-state index contributed by atoms with van der Waals surface area (Å²) in [6.07, 6.45) is 0. The first-order chi connectivity index (χ1) is 9.56. The maximum absolute atomic E-state index is 12.1. The van der Waals surface area contributed by atoms with Crippen molar-refractivity contribution in [3.63, 3.8) is 0 Å². The van der Waals surface area contributed by atoms with Crippen LogP contribution in [0.15, 0.2) is 12.1 Å². The molecular formula is C13H19ClN4O2. The third-order valence-electron chi connectivity index (χ3n) is 3.10. The van der Waals surface area contributed by atoms with Crippen molar-refractivity contribution in [2.24, 2.45) is 0 Å². The van der Waals surface area contributed by atoms with Gasteiger partial charge in [0.25, 0.3) is 5.91 Å². The van der Waals surface area contributed by atoms with Crippen LogP contribution in [0.3, 0.4) is 0 Å². The molecule has 1 amide bonds. The Morgan fingerprint density at radius 2 is 2.25 bits per heavy atom. The predicted octanol–water partition coefficient (Wildman–Crippen LogP) is 0.768. The van der Waals surface area contributed by atoms with E-state index in [4.69, 9.17) is 22.1 Å². The van der Waals surface area contributed by atoms with Gasteiger partial charge in [-0.25, -0.2) is 4.98 Å². The highest BCUT2D eigenvalue weighted by atomic mass is 35.5. The Bertz CT molecular complexity index is 477. The van der Waals surface area contributed by atoms with Gasteiger partial charge in [-0.15, -0.1) is 0 Å². The Morgan fingerprint density at radius 1 is 1.55 bits per heavy atom. The SMILES string of the molecule is CC(CN1CCOCC1)NC(=O)c1nc(N)ccc1Cl. The van der Waals surface area contributed by atoms with Gasteiger partial charge in [0.2, 0.25) is 0 Å². The van der Waals surface area contributed by atoms with E-state index in [0.29, 0.717) is 5.02 Å². The third-order valence-corrected chi connectivity index (χ3v) is 3.40. The molecule has 1 fully saturated rings. The normalized spacial score (nSPS) is 17.7. The van der Waals surface area contributed by atoms with Crippen molar-refractivity contribution in [1.29, 1.82) is 0 Å². The summed E-state index contributed by atoms with van der Waals surface area (Å²) in [5, 5.41) is 3.19. The lowest BCUT2D eigenvalue weighted by Crippen LogP contribution is -2.46. The van der Waals surface area contributed by atoms with Gasteiger partial charge in [-0.1, -0.05) is 11.6 Å². The largest absolute Gasteiger partial charge is 0.384 e. The zero-order chi connectivity index (χ0) is 14.5. The number of rotatable bonds is 4. The number of nitrogens with two attached hydrogens (primary N) is 1. The van der Waals surface area contributed by atoms with Gasteiger partial charge in [0.05, 0.1) is 18.2 Å². The number of carbonyl (C=O) groups is 1. The molecule has 1 aromatic rings. The highest BCUT2D eigenvalue weighted by Gasteiger charge is 2.18. The summed E-state index contributed by atoms with van der Waals surface area (Å²) < 4.78 is 5.29. The number of nitrogens with zero attached hydrogens (tertiary/aromatic N) is 2. The summed E-state index contributed by atoms with van der Waals surface area (Å²) in [4.78, 5) is 18.3. The quantitative estimate of drug-likeness (QED) is 0.858. The molecule has 110 valence electrons. The molecule has 0 spiro atoms. The van der Waals surface area contributed by atoms with E-state index in [1.54, 1.807) is 12.1 Å². The second-order valence-electron chi connectivity index (χ2n) is 4.85. The van der Waals surface area contributed by atoms with E-state index < -0.39 is 0 Å². The van der Waals surface area contributed by atoms with Gasteiger partial charge in [0, 0.05) is 25.7 Å². The fourth-order valence-corrected chi connectivity index (χ4v) is 2.32. The fourth-order valence-electron chi connectivity index (χ4n) is 2.13. The Hall–Kier alpha value is -1.37. The molecule has 0 aliphatic carbocycles. The van der Waals surface area contributed by atoms with Crippen molar-refractivity contribution < 1.29 is 9.53 Å². The van der Waals surface area contributed by atoms with Crippen molar-refractivity contribution in [2.75, 3.05) is 38.6 Å². The lowest BCUT2D eigenvalue weighted by atomic mass is 10.2. The molecule has 1 atom stereocenters. The average Bonchev–Trinajstić information content (AvgIpc) is 2.42. The molecule has 0 aromatic carbocycles. The first-order valence-electron chi connectivity index (χ1n) is 6.59. The van der Waals surface area contributed by atoms with E-state index in [0.717, 1.165) is 32.8 Å². The van der Waals surface area contributed by atoms with Crippen LogP contribution in [0.5, 0.6) is 0 Å². The molecule has 1 aromatic heterocycles. The minimum absolute atomic E-state index is 0.0000951. The molecule has 1 aliphatic heterocycles. The van der Waals surface area contributed by atoms with E-state index in [9.17, 15) is 4.79 Å². The molecule has 1 aliphatic rings. The lowest BCUT2D eigenvalue weighted by molar-refractivity contribution is 0.0342. The highest BCUT2D eigenvalue weighted by Crippen LogP contribution is 2.15. The van der Waals surface area contributed by atoms with Crippen molar-refractivity contribution in [1.82, 2.24) is 15.2 Å². The van der Waals surface area contributed by atoms with Crippen LogP contribution in [0, 0.1) is 0 Å². The van der Waals surface area contributed by atoms with Gasteiger partial charge in [-0.05, 0) is 19.1 Å². The summed E-state index contributed by atoms with van der Waals surface area (Å²) in [5.41, 5.74) is 5.74. The molecule has 0 radical (unpaired) electrons. The average molecular weight is 299 g/mol. The van der Waals surface area contributed by atoms with Crippen molar-refractivity contribution in [3.05, 3.63) is 22.8 Å². The summed E-state index contributed by atoms with van der Waals surface area (Å²) in [6.45, 7) is 5.98. The molecule has 1 saturated heterocycles. The molecule has 1 unspecified atom stereocenters. The van der Waals surface area contributed by atoms with Crippen LogP contribution in [0.2, 0.25) is 5.02 Å². The van der Waals surface area contributed by atoms with Crippen molar-refractivity contribution in [3.8, 4) is 0 Å². The van der Waals surface area contributed by atoms with Gasteiger partial charge in [0.1, 0.15) is 11.5 Å². The number of halogens is 1. The number of pyridine rings is 1. The monoisotopic (exact) mass is 298 g/mol. The number of carbonyl (C=O) groups excluding carboxylic acids is 1. The number of nitrogens with one attached hydrogen (secondary N) is 1. The zero-order valence-electron chi connectivity index (χ0n) is 11.4. The molecule has 6 nitrogen and oxygen atoms in total. The first-order valence-corrected chi connectivity index (χ1v) is 6.97. The standard InChI is InChI=1S/C13H19ClN4O2/c1-9(8-18-4-6-20-7-5-18)16-13(19)12-10(14)2-3-11(15)17-12/h2-3,9H,4-8H2,1H3,(H2,15,17)(H,16,19). The molecule has 2 rings (SSSR count). The van der Waals surface area contributed by atoms with Gasteiger partial charge in [0.15, 0.2) is 0 Å². The van der Waals surface area contributed by atoms with Crippen LogP contribution < -0.4 is 11.1 Å². The lowest BCUT2D eigenvalue weighted by Gasteiger charge is -2.29. The van der Waals surface area contributed by atoms with E-state index in [-0.39, 0.29) is 23.5 Å². The molecule has 3 N–H and O–H groups in total. The minimum atomic E-state index is -0.303. The van der Waals surface area contributed by atoms with Crippen LogP contribution in [0.1, 0.15) is 17.4 Å². The predicted molar refractivity (Wildman–Crippen MR) is 77.8 cm³/mol. The highest BCUT2D eigenvalue weighted by molar-refractivity contribution is 6.33. The van der Waals surface area contributed by atoms with Crippen molar-refractivity contribution in [2.45, 2.75) is 13.0 Å². The summed E-state index contributed by atoms with van der Waals surface area (Å²) in [5.74, 6) is -0.0246. The molecular weight excluding hydrogens is 280 g/mol. The molecule has 7 heteroatoms. The number of hydrogen-bond acceptors (Lipinski definition) is 5. The van der Waals surface area contributed by atoms with Gasteiger partial charge in [-0.3, -0.25) is 9.69 Å². The smallest absolute Gasteiger partial charge is 0.271 e. The van der Waals surface area contributed by atoms with Crippen LogP contribution in [-0.4, -0.2) is 54.7 Å². The minimum Gasteiger partial charge on any atom is -0.384 e. The topological polar surface area (TPSA) is 80.5 Å². The van der Waals surface area contributed by atoms with Gasteiger partial charge in [-0.2, -0.15) is 0 Å². The van der Waals surface area contributed by atoms with Crippen LogP contribution >= 0.6 is 11.6 Å². The Kier molecular flexibility index (Phi) is 5.17. The zero-order valence-corrected chi connectivity index (χ0v) is 12.2. The second kappa shape index (κ2) is 6.88. The molecule has 0 saturated carbocycles. The number of nitrogen functional groups attached to an aromatic ring is 1. The maximum Gasteiger partial charge on any atom is 0.271 e. The van der Waals surface area contributed by atoms with E-state index >= 15 is 0 Å². The Morgan fingerprint density at radius 3 is 2.95 bits per heavy atom. The summed E-state index contributed by atoms with van der Waals surface area (Å²) in [7, 11) is 0. The van der Waals surface area contributed by atoms with E-state index in [1.165, 1.54) is 0 Å². The number of amides is 1. The number of anilines is 1. The molecule has 0 bridgehead atoms. The summed E-state index contributed by atoms with van der Waals surface area (Å²) in [6, 6.07) is 3.14. The van der Waals surface area contributed by atoms with Crippen molar-refractivity contribution >= 4 is 23.3 Å². The van der Waals surface area contributed by atoms with Gasteiger partial charge < -0.3 is 15.8 Å². The Balaban J connectivity index is 1.91. The van der Waals surface area contributed by atoms with Crippen LogP contribution in [0.25, 0.3) is 0 Å². The molecule has 2 heterocycles. The number of ether oxygens (including phenoxy) is 1. The number of morpholine rings is 1. The second-order valence-corrected chi connectivity index (χ2v) is 5.26. The maximum atomic E-state index is 12.1. The van der Waals surface area contributed by atoms with Crippen LogP contribution in [-0.2, 0) is 4.74 Å². The third kappa shape index (κ3) is 4.06. The van der Waals surface area contributed by atoms with E-state index in [1.807, 2.05) is 6.92 Å². The number of aromatic nitrogens is 1. The fraction of sp³-hybridized carbons (Fsp3) is 0.538. The Labute approximate surface area is 123 Å². The number of hydrogen-bond donors (Lipinski definition) is 2. The van der Waals surface area contributed by atoms with Gasteiger partial charge >= 0.3 is 0 Å².